The fourth-order valence-electron chi connectivity index (χ4n) is 3.67. The van der Waals surface area contributed by atoms with E-state index in [1.807, 2.05) is 48.5 Å². The van der Waals surface area contributed by atoms with Gasteiger partial charge in [0, 0.05) is 26.6 Å². The maximum Gasteiger partial charge on any atom is 0.328 e. The van der Waals surface area contributed by atoms with Crippen molar-refractivity contribution in [2.45, 2.75) is 33.0 Å². The number of aromatic nitrogens is 4. The van der Waals surface area contributed by atoms with E-state index in [1.165, 1.54) is 0 Å². The Hall–Kier alpha value is -3.35. The van der Waals surface area contributed by atoms with E-state index in [-0.39, 0.29) is 18.0 Å². The summed E-state index contributed by atoms with van der Waals surface area (Å²) in [6.45, 7) is 3.56. The first-order valence-electron chi connectivity index (χ1n) is 9.45. The van der Waals surface area contributed by atoms with Gasteiger partial charge in [-0.05, 0) is 31.2 Å². The summed E-state index contributed by atoms with van der Waals surface area (Å²) >= 11 is 0. The summed E-state index contributed by atoms with van der Waals surface area (Å²) in [5, 5.41) is 2.93. The molecule has 0 bridgehead atoms. The molecule has 0 aliphatic carbocycles. The lowest BCUT2D eigenvalue weighted by atomic mass is 10.3. The number of carbonyl (C=O) groups is 1. The first kappa shape index (κ1) is 18.0. The van der Waals surface area contributed by atoms with Crippen molar-refractivity contribution in [2.75, 3.05) is 0 Å². The molecule has 0 unspecified atom stereocenters. The first-order valence-corrected chi connectivity index (χ1v) is 9.45. The van der Waals surface area contributed by atoms with E-state index < -0.39 is 0 Å². The van der Waals surface area contributed by atoms with Crippen LogP contribution in [0.15, 0.2) is 53.3 Å². The van der Waals surface area contributed by atoms with Crippen molar-refractivity contribution in [1.82, 2.24) is 24.0 Å². The lowest BCUT2D eigenvalue weighted by molar-refractivity contribution is -0.121. The van der Waals surface area contributed by atoms with Crippen LogP contribution in [0.25, 0.3) is 22.1 Å². The molecule has 7 heteroatoms. The van der Waals surface area contributed by atoms with Crippen LogP contribution in [0.4, 0.5) is 0 Å². The van der Waals surface area contributed by atoms with Gasteiger partial charge in [-0.2, -0.15) is 0 Å². The molecule has 0 spiro atoms. The zero-order chi connectivity index (χ0) is 19.7. The summed E-state index contributed by atoms with van der Waals surface area (Å²) in [5.74, 6) is 0.730. The highest BCUT2D eigenvalue weighted by molar-refractivity contribution is 5.78. The molecule has 0 radical (unpaired) electrons. The average molecular weight is 377 g/mol. The standard InChI is InChI=1S/C21H23N5O2/c1-3-25-16-9-5-4-8-15(16)23-19(25)14-22-20(27)12-13-26-18-11-7-6-10-17(18)24(2)21(26)28/h4-11H,3,12-14H2,1-2H3,(H,22,27). The van der Waals surface area contributed by atoms with Gasteiger partial charge in [0.05, 0.1) is 28.6 Å². The van der Waals surface area contributed by atoms with Gasteiger partial charge in [-0.25, -0.2) is 9.78 Å². The Bertz CT molecular complexity index is 1210. The molecule has 1 N–H and O–H groups in total. The van der Waals surface area contributed by atoms with Gasteiger partial charge in [0.1, 0.15) is 5.82 Å². The van der Waals surface area contributed by atoms with Crippen molar-refractivity contribution in [3.63, 3.8) is 0 Å². The van der Waals surface area contributed by atoms with E-state index in [0.29, 0.717) is 13.1 Å². The zero-order valence-corrected chi connectivity index (χ0v) is 16.1. The van der Waals surface area contributed by atoms with Gasteiger partial charge in [0.15, 0.2) is 0 Å². The molecule has 7 nitrogen and oxygen atoms in total. The van der Waals surface area contributed by atoms with Crippen molar-refractivity contribution in [1.29, 1.82) is 0 Å². The van der Waals surface area contributed by atoms with Crippen LogP contribution in [0.2, 0.25) is 0 Å². The lowest BCUT2D eigenvalue weighted by Crippen LogP contribution is -2.28. The Morgan fingerprint density at radius 1 is 1.00 bits per heavy atom. The van der Waals surface area contributed by atoms with Gasteiger partial charge >= 0.3 is 5.69 Å². The number of hydrogen-bond donors (Lipinski definition) is 1. The largest absolute Gasteiger partial charge is 0.349 e. The third kappa shape index (κ3) is 3.09. The summed E-state index contributed by atoms with van der Waals surface area (Å²) in [7, 11) is 1.75. The van der Waals surface area contributed by atoms with E-state index in [1.54, 1.807) is 16.2 Å². The second-order valence-corrected chi connectivity index (χ2v) is 6.77. The molecule has 0 aliphatic rings. The molecule has 28 heavy (non-hydrogen) atoms. The average Bonchev–Trinajstić information content (AvgIpc) is 3.20. The van der Waals surface area contributed by atoms with Crippen LogP contribution in [0, 0.1) is 0 Å². The Balaban J connectivity index is 1.45. The maximum atomic E-state index is 12.4. The minimum absolute atomic E-state index is 0.102. The molecule has 2 aromatic heterocycles. The highest BCUT2D eigenvalue weighted by Crippen LogP contribution is 2.16. The Kier molecular flexibility index (Phi) is 4.73. The van der Waals surface area contributed by atoms with Gasteiger partial charge in [0.2, 0.25) is 5.91 Å². The molecule has 0 fully saturated rings. The molecule has 1 amide bonds. The highest BCUT2D eigenvalue weighted by Gasteiger charge is 2.13. The van der Waals surface area contributed by atoms with Crippen molar-refractivity contribution >= 4 is 28.0 Å². The zero-order valence-electron chi connectivity index (χ0n) is 16.1. The van der Waals surface area contributed by atoms with Gasteiger partial charge in [-0.3, -0.25) is 13.9 Å². The molecule has 144 valence electrons. The highest BCUT2D eigenvalue weighted by atomic mass is 16.2. The summed E-state index contributed by atoms with van der Waals surface area (Å²) in [6, 6.07) is 15.6. The molecule has 2 aromatic carbocycles. The number of nitrogens with zero attached hydrogens (tertiary/aromatic N) is 4. The minimum Gasteiger partial charge on any atom is -0.349 e. The quantitative estimate of drug-likeness (QED) is 0.561. The summed E-state index contributed by atoms with van der Waals surface area (Å²) in [6.07, 6.45) is 0.236. The second-order valence-electron chi connectivity index (χ2n) is 6.77. The summed E-state index contributed by atoms with van der Waals surface area (Å²) in [4.78, 5) is 29.5. The van der Waals surface area contributed by atoms with Gasteiger partial charge < -0.3 is 9.88 Å². The smallest absolute Gasteiger partial charge is 0.328 e. The first-order chi connectivity index (χ1) is 13.6. The number of hydrogen-bond acceptors (Lipinski definition) is 3. The predicted molar refractivity (Wildman–Crippen MR) is 109 cm³/mol. The minimum atomic E-state index is -0.109. The van der Waals surface area contributed by atoms with Gasteiger partial charge in [-0.15, -0.1) is 0 Å². The van der Waals surface area contributed by atoms with Crippen LogP contribution in [0.3, 0.4) is 0 Å². The number of nitrogens with one attached hydrogen (secondary N) is 1. The molecular formula is C21H23N5O2. The molecule has 0 atom stereocenters. The third-order valence-corrected chi connectivity index (χ3v) is 5.11. The fraction of sp³-hybridized carbons (Fsp3) is 0.286. The predicted octanol–water partition coefficient (Wildman–Crippen LogP) is 2.42. The second kappa shape index (κ2) is 7.34. The Morgan fingerprint density at radius 2 is 1.68 bits per heavy atom. The molecule has 2 heterocycles. The van der Waals surface area contributed by atoms with Crippen molar-refractivity contribution < 1.29 is 4.79 Å². The van der Waals surface area contributed by atoms with E-state index >= 15 is 0 Å². The van der Waals surface area contributed by atoms with Crippen molar-refractivity contribution in [3.8, 4) is 0 Å². The number of benzene rings is 2. The van der Waals surface area contributed by atoms with Crippen LogP contribution in [-0.2, 0) is 31.5 Å². The number of amides is 1. The topological polar surface area (TPSA) is 73.8 Å². The van der Waals surface area contributed by atoms with Crippen molar-refractivity contribution in [2.24, 2.45) is 7.05 Å². The summed E-state index contributed by atoms with van der Waals surface area (Å²) < 4.78 is 5.36. The van der Waals surface area contributed by atoms with E-state index in [4.69, 9.17) is 0 Å². The fourth-order valence-corrected chi connectivity index (χ4v) is 3.67. The number of rotatable bonds is 6. The van der Waals surface area contributed by atoms with Gasteiger partial charge in [0.25, 0.3) is 0 Å². The molecule has 4 aromatic rings. The molecule has 0 aliphatic heterocycles. The normalized spacial score (nSPS) is 11.4. The van der Waals surface area contributed by atoms with Crippen LogP contribution < -0.4 is 11.0 Å². The lowest BCUT2D eigenvalue weighted by Gasteiger charge is -2.08. The molecule has 4 rings (SSSR count). The Morgan fingerprint density at radius 3 is 2.43 bits per heavy atom. The van der Waals surface area contributed by atoms with Crippen molar-refractivity contribution in [3.05, 3.63) is 64.8 Å². The maximum absolute atomic E-state index is 12.4. The third-order valence-electron chi connectivity index (χ3n) is 5.11. The van der Waals surface area contributed by atoms with E-state index in [0.717, 1.165) is 34.4 Å². The molecule has 0 saturated carbocycles. The van der Waals surface area contributed by atoms with E-state index in [9.17, 15) is 9.59 Å². The van der Waals surface area contributed by atoms with Crippen LogP contribution in [0.5, 0.6) is 0 Å². The number of carbonyl (C=O) groups excluding carboxylic acids is 1. The number of aryl methyl sites for hydroxylation is 3. The van der Waals surface area contributed by atoms with E-state index in [2.05, 4.69) is 21.8 Å². The van der Waals surface area contributed by atoms with Crippen LogP contribution in [-0.4, -0.2) is 24.6 Å². The number of para-hydroxylation sites is 4. The SMILES string of the molecule is CCn1c(CNC(=O)CCn2c(=O)n(C)c3ccccc32)nc2ccccc21. The molecular weight excluding hydrogens is 354 g/mol. The van der Waals surface area contributed by atoms with Crippen LogP contribution >= 0.6 is 0 Å². The Labute approximate surface area is 162 Å². The molecule has 0 saturated heterocycles. The van der Waals surface area contributed by atoms with Crippen LogP contribution in [0.1, 0.15) is 19.2 Å². The summed E-state index contributed by atoms with van der Waals surface area (Å²) in [5.41, 5.74) is 3.59. The van der Waals surface area contributed by atoms with Gasteiger partial charge in [-0.1, -0.05) is 24.3 Å². The monoisotopic (exact) mass is 377 g/mol. The number of fused-ring (bicyclic) bond motifs is 2. The number of imidazole rings is 2.